The van der Waals surface area contributed by atoms with E-state index in [0.717, 1.165) is 10.9 Å². The van der Waals surface area contributed by atoms with E-state index in [-0.39, 0.29) is 5.56 Å². The first-order valence-corrected chi connectivity index (χ1v) is 3.22. The summed E-state index contributed by atoms with van der Waals surface area (Å²) >= 11 is 0. The third kappa shape index (κ3) is 1.53. The Hall–Kier alpha value is -2.18. The monoisotopic (exact) mass is 182 g/mol. The van der Waals surface area contributed by atoms with Gasteiger partial charge in [-0.2, -0.15) is 4.68 Å². The first-order chi connectivity index (χ1) is 6.06. The molecule has 0 saturated heterocycles. The molecule has 0 aliphatic carbocycles. The summed E-state index contributed by atoms with van der Waals surface area (Å²) in [6.07, 6.45) is 2.37. The van der Waals surface area contributed by atoms with E-state index < -0.39 is 16.6 Å². The molecule has 1 amide bonds. The van der Waals surface area contributed by atoms with Gasteiger partial charge in [-0.3, -0.25) is 4.79 Å². The summed E-state index contributed by atoms with van der Waals surface area (Å²) in [5.74, 6) is -1.45. The number of nitro groups is 1. The highest BCUT2D eigenvalue weighted by molar-refractivity contribution is 5.96. The van der Waals surface area contributed by atoms with Crippen LogP contribution in [0.5, 0.6) is 0 Å². The van der Waals surface area contributed by atoms with Crippen molar-refractivity contribution in [3.8, 4) is 0 Å². The minimum atomic E-state index is -0.889. The largest absolute Gasteiger partial charge is 0.403 e. The first-order valence-electron chi connectivity index (χ1n) is 3.22. The Balaban J connectivity index is 3.31. The summed E-state index contributed by atoms with van der Waals surface area (Å²) in [5, 5.41) is 13.8. The van der Waals surface area contributed by atoms with Crippen molar-refractivity contribution in [3.63, 3.8) is 0 Å². The van der Waals surface area contributed by atoms with Gasteiger partial charge in [-0.15, -0.1) is 0 Å². The lowest BCUT2D eigenvalue weighted by Gasteiger charge is -1.88. The molecule has 1 rings (SSSR count). The molecule has 0 atom stereocenters. The van der Waals surface area contributed by atoms with Crippen molar-refractivity contribution in [3.05, 3.63) is 28.5 Å². The fourth-order valence-electron chi connectivity index (χ4n) is 0.784. The topological polar surface area (TPSA) is 104 Å². The number of carbonyl (C=O) groups excluding carboxylic acids is 1. The van der Waals surface area contributed by atoms with Crippen LogP contribution in [0, 0.1) is 10.1 Å². The number of hydrogen-bond donors (Lipinski definition) is 1. The second-order valence-electron chi connectivity index (χ2n) is 2.15. The van der Waals surface area contributed by atoms with Gasteiger partial charge >= 0.3 is 5.82 Å². The zero-order valence-corrected chi connectivity index (χ0v) is 6.51. The summed E-state index contributed by atoms with van der Waals surface area (Å²) in [6.45, 7) is 3.33. The molecule has 0 aromatic carbocycles. The summed E-state index contributed by atoms with van der Waals surface area (Å²) in [7, 11) is 0. The number of aromatic nitrogens is 2. The predicted octanol–water partition coefficient (Wildman–Crippen LogP) is -0.00930. The number of hydrogen-bond acceptors (Lipinski definition) is 4. The maximum atomic E-state index is 10.7. The number of rotatable bonds is 3. The molecule has 2 N–H and O–H groups in total. The van der Waals surface area contributed by atoms with E-state index >= 15 is 0 Å². The van der Waals surface area contributed by atoms with Crippen LogP contribution in [0.3, 0.4) is 0 Å². The summed E-state index contributed by atoms with van der Waals surface area (Å²) < 4.78 is 1.05. The van der Waals surface area contributed by atoms with Gasteiger partial charge in [-0.25, -0.2) is 0 Å². The quantitative estimate of drug-likeness (QED) is 0.524. The molecular formula is C6H6N4O3. The van der Waals surface area contributed by atoms with Crippen LogP contribution in [0.15, 0.2) is 12.8 Å². The number of primary amides is 1. The molecule has 68 valence electrons. The molecule has 0 fully saturated rings. The minimum Gasteiger partial charge on any atom is -0.365 e. The van der Waals surface area contributed by atoms with E-state index in [2.05, 4.69) is 11.7 Å². The summed E-state index contributed by atoms with van der Waals surface area (Å²) in [4.78, 5) is 20.3. The van der Waals surface area contributed by atoms with Crippen LogP contribution < -0.4 is 5.73 Å². The zero-order valence-electron chi connectivity index (χ0n) is 6.51. The smallest absolute Gasteiger partial charge is 0.365 e. The van der Waals surface area contributed by atoms with E-state index in [9.17, 15) is 14.9 Å². The first kappa shape index (κ1) is 8.91. The van der Waals surface area contributed by atoms with Crippen molar-refractivity contribution in [1.82, 2.24) is 9.78 Å². The van der Waals surface area contributed by atoms with E-state index in [1.807, 2.05) is 0 Å². The number of carbonyl (C=O) groups is 1. The summed E-state index contributed by atoms with van der Waals surface area (Å²) in [6, 6.07) is 0. The Morgan fingerprint density at radius 1 is 1.85 bits per heavy atom. The lowest BCUT2D eigenvalue weighted by atomic mass is 10.3. The number of nitrogens with zero attached hydrogens (tertiary/aromatic N) is 3. The van der Waals surface area contributed by atoms with Gasteiger partial charge in [-0.1, -0.05) is 6.58 Å². The third-order valence-electron chi connectivity index (χ3n) is 1.34. The van der Waals surface area contributed by atoms with Crippen molar-refractivity contribution >= 4 is 17.9 Å². The average Bonchev–Trinajstić information content (AvgIpc) is 2.47. The van der Waals surface area contributed by atoms with Crippen molar-refractivity contribution in [2.45, 2.75) is 0 Å². The molecule has 1 aromatic rings. The normalized spacial score (nSPS) is 9.54. The second-order valence-corrected chi connectivity index (χ2v) is 2.15. The molecule has 7 heteroatoms. The second kappa shape index (κ2) is 3.05. The molecule has 0 radical (unpaired) electrons. The van der Waals surface area contributed by atoms with Gasteiger partial charge in [-0.05, 0) is 4.92 Å². The van der Waals surface area contributed by atoms with E-state index in [4.69, 9.17) is 5.73 Å². The predicted molar refractivity (Wildman–Crippen MR) is 43.8 cm³/mol. The van der Waals surface area contributed by atoms with Gasteiger partial charge in [0.15, 0.2) is 5.56 Å². The molecule has 1 aromatic heterocycles. The lowest BCUT2D eigenvalue weighted by molar-refractivity contribution is -0.389. The van der Waals surface area contributed by atoms with Crippen molar-refractivity contribution < 1.29 is 9.72 Å². The highest BCUT2D eigenvalue weighted by Gasteiger charge is 2.23. The molecule has 13 heavy (non-hydrogen) atoms. The van der Waals surface area contributed by atoms with Gasteiger partial charge in [0.2, 0.25) is 0 Å². The van der Waals surface area contributed by atoms with Crippen LogP contribution >= 0.6 is 0 Å². The average molecular weight is 182 g/mol. The fourth-order valence-corrected chi connectivity index (χ4v) is 0.784. The van der Waals surface area contributed by atoms with Crippen LogP contribution in [0.4, 0.5) is 5.82 Å². The number of amides is 1. The van der Waals surface area contributed by atoms with Gasteiger partial charge < -0.3 is 15.8 Å². The third-order valence-corrected chi connectivity index (χ3v) is 1.34. The Morgan fingerprint density at radius 2 is 2.46 bits per heavy atom. The molecule has 7 nitrogen and oxygen atoms in total. The van der Waals surface area contributed by atoms with E-state index in [0.29, 0.717) is 0 Å². The molecular weight excluding hydrogens is 176 g/mol. The van der Waals surface area contributed by atoms with Gasteiger partial charge in [0.25, 0.3) is 5.91 Å². The van der Waals surface area contributed by atoms with Crippen LogP contribution in [0.1, 0.15) is 10.4 Å². The standard InChI is InChI=1S/C6H6N4O3/c1-2-9-3-4(5(7)11)6(8-9)10(12)13/h2-3H,1H2,(H2,7,11). The highest BCUT2D eigenvalue weighted by Crippen LogP contribution is 2.14. The SMILES string of the molecule is C=Cn1cc(C(N)=O)c([N+](=O)[O-])n1. The molecule has 0 spiro atoms. The Morgan fingerprint density at radius 3 is 2.77 bits per heavy atom. The van der Waals surface area contributed by atoms with Crippen LogP contribution in [0.25, 0.3) is 6.20 Å². The maximum absolute atomic E-state index is 10.7. The summed E-state index contributed by atoms with van der Waals surface area (Å²) in [5.41, 5.74) is 4.66. The van der Waals surface area contributed by atoms with Gasteiger partial charge in [0, 0.05) is 6.20 Å². The van der Waals surface area contributed by atoms with E-state index in [1.165, 1.54) is 6.20 Å². The molecule has 1 heterocycles. The lowest BCUT2D eigenvalue weighted by Crippen LogP contribution is -2.11. The van der Waals surface area contributed by atoms with Crippen LogP contribution in [-0.4, -0.2) is 20.6 Å². The molecule has 0 unspecified atom stereocenters. The van der Waals surface area contributed by atoms with Gasteiger partial charge in [0.05, 0.1) is 11.3 Å². The Kier molecular flexibility index (Phi) is 2.09. The van der Waals surface area contributed by atoms with Crippen molar-refractivity contribution in [1.29, 1.82) is 0 Å². The van der Waals surface area contributed by atoms with Crippen molar-refractivity contribution in [2.75, 3.05) is 0 Å². The Labute approximate surface area is 72.6 Å². The maximum Gasteiger partial charge on any atom is 0.403 e. The molecule has 0 aliphatic heterocycles. The molecule has 0 saturated carbocycles. The van der Waals surface area contributed by atoms with Gasteiger partial charge in [0.1, 0.15) is 0 Å². The van der Waals surface area contributed by atoms with E-state index in [1.54, 1.807) is 0 Å². The molecule has 0 bridgehead atoms. The zero-order chi connectivity index (χ0) is 10.0. The minimum absolute atomic E-state index is 0.232. The van der Waals surface area contributed by atoms with Crippen LogP contribution in [0.2, 0.25) is 0 Å². The Bertz CT molecular complexity index is 350. The highest BCUT2D eigenvalue weighted by atomic mass is 16.6. The fraction of sp³-hybridized carbons (Fsp3) is 0. The molecule has 0 aliphatic rings. The van der Waals surface area contributed by atoms with Crippen molar-refractivity contribution in [2.24, 2.45) is 5.73 Å². The van der Waals surface area contributed by atoms with Crippen LogP contribution in [-0.2, 0) is 0 Å². The number of nitrogens with two attached hydrogens (primary N) is 1.